The number of imide groups is 1. The van der Waals surface area contributed by atoms with Crippen molar-refractivity contribution in [3.05, 3.63) is 35.4 Å². The van der Waals surface area contributed by atoms with Crippen LogP contribution in [0.5, 0.6) is 0 Å². The summed E-state index contributed by atoms with van der Waals surface area (Å²) in [6, 6.07) is 3.58. The lowest BCUT2D eigenvalue weighted by atomic mass is 9.72. The van der Waals surface area contributed by atoms with E-state index in [2.05, 4.69) is 5.32 Å². The Labute approximate surface area is 196 Å². The van der Waals surface area contributed by atoms with Crippen LogP contribution in [0, 0.1) is 17.8 Å². The number of hydrogen-bond acceptors (Lipinski definition) is 4. The Kier molecular flexibility index (Phi) is 6.07. The van der Waals surface area contributed by atoms with Gasteiger partial charge in [-0.25, -0.2) is 0 Å². The van der Waals surface area contributed by atoms with E-state index in [0.29, 0.717) is 0 Å². The SMILES string of the molecule is CC(C)(C)N1C(=O)C2C(c3cccc(C(F)(F)F)c3)NC(CC3CCCCC3)(C(=O)O)C2C1=O. The molecule has 2 N–H and O–H groups in total. The van der Waals surface area contributed by atoms with Gasteiger partial charge in [-0.2, -0.15) is 13.2 Å². The van der Waals surface area contributed by atoms with E-state index in [0.717, 1.165) is 49.1 Å². The van der Waals surface area contributed by atoms with E-state index in [1.807, 2.05) is 0 Å². The Bertz CT molecular complexity index is 997. The Hall–Kier alpha value is -2.42. The van der Waals surface area contributed by atoms with Crippen molar-refractivity contribution in [2.24, 2.45) is 17.8 Å². The van der Waals surface area contributed by atoms with Crippen LogP contribution in [0.4, 0.5) is 13.2 Å². The monoisotopic (exact) mass is 480 g/mol. The molecule has 186 valence electrons. The molecule has 3 fully saturated rings. The van der Waals surface area contributed by atoms with Crippen LogP contribution in [0.25, 0.3) is 0 Å². The Balaban J connectivity index is 1.83. The van der Waals surface area contributed by atoms with Crippen LogP contribution in [-0.4, -0.2) is 38.9 Å². The molecule has 2 amide bonds. The number of likely N-dealkylation sites (tertiary alicyclic amines) is 1. The Morgan fingerprint density at radius 2 is 1.76 bits per heavy atom. The van der Waals surface area contributed by atoms with Crippen molar-refractivity contribution in [3.8, 4) is 0 Å². The molecule has 0 aromatic heterocycles. The van der Waals surface area contributed by atoms with E-state index in [-0.39, 0.29) is 17.9 Å². The second-order valence-corrected chi connectivity index (χ2v) is 10.9. The van der Waals surface area contributed by atoms with Gasteiger partial charge in [-0.3, -0.25) is 24.6 Å². The zero-order valence-electron chi connectivity index (χ0n) is 19.6. The van der Waals surface area contributed by atoms with E-state index in [4.69, 9.17) is 0 Å². The van der Waals surface area contributed by atoms with Crippen LogP contribution in [0.1, 0.15) is 76.5 Å². The van der Waals surface area contributed by atoms with Crippen molar-refractivity contribution in [2.75, 3.05) is 0 Å². The number of carbonyl (C=O) groups excluding carboxylic acids is 2. The zero-order chi connectivity index (χ0) is 25.1. The number of carbonyl (C=O) groups is 3. The number of benzene rings is 1. The van der Waals surface area contributed by atoms with Gasteiger partial charge in [0.2, 0.25) is 11.8 Å². The molecule has 1 aliphatic carbocycles. The van der Waals surface area contributed by atoms with Gasteiger partial charge in [0, 0.05) is 11.6 Å². The lowest BCUT2D eigenvalue weighted by molar-refractivity contribution is -0.154. The third-order valence-electron chi connectivity index (χ3n) is 7.62. The Morgan fingerprint density at radius 3 is 2.32 bits per heavy atom. The summed E-state index contributed by atoms with van der Waals surface area (Å²) in [5, 5.41) is 13.5. The molecular weight excluding hydrogens is 449 g/mol. The molecule has 2 heterocycles. The lowest BCUT2D eigenvalue weighted by Gasteiger charge is -2.37. The van der Waals surface area contributed by atoms with Gasteiger partial charge in [-0.15, -0.1) is 0 Å². The smallest absolute Gasteiger partial charge is 0.416 e. The fourth-order valence-electron chi connectivity index (χ4n) is 6.18. The van der Waals surface area contributed by atoms with Crippen LogP contribution in [0.2, 0.25) is 0 Å². The third kappa shape index (κ3) is 4.01. The van der Waals surface area contributed by atoms with Gasteiger partial charge in [0.25, 0.3) is 0 Å². The maximum Gasteiger partial charge on any atom is 0.416 e. The van der Waals surface area contributed by atoms with Crippen LogP contribution >= 0.6 is 0 Å². The van der Waals surface area contributed by atoms with Gasteiger partial charge in [-0.1, -0.05) is 44.2 Å². The zero-order valence-corrected chi connectivity index (χ0v) is 19.6. The number of halogens is 3. The molecular formula is C25H31F3N2O4. The van der Waals surface area contributed by atoms with Gasteiger partial charge in [-0.05, 0) is 50.8 Å². The number of aliphatic carboxylic acids is 1. The minimum atomic E-state index is -4.59. The third-order valence-corrected chi connectivity index (χ3v) is 7.62. The molecule has 1 saturated carbocycles. The Morgan fingerprint density at radius 1 is 1.12 bits per heavy atom. The number of carboxylic acids is 1. The minimum Gasteiger partial charge on any atom is -0.480 e. The highest BCUT2D eigenvalue weighted by Crippen LogP contribution is 2.53. The molecule has 1 aromatic carbocycles. The molecule has 3 aliphatic rings. The highest BCUT2D eigenvalue weighted by Gasteiger charge is 2.69. The molecule has 4 atom stereocenters. The highest BCUT2D eigenvalue weighted by molar-refractivity contribution is 6.10. The first-order valence-electron chi connectivity index (χ1n) is 11.8. The number of nitrogens with one attached hydrogen (secondary N) is 1. The molecule has 0 bridgehead atoms. The molecule has 1 aromatic rings. The molecule has 0 spiro atoms. The number of carboxylic acid groups (broad SMARTS) is 1. The van der Waals surface area contributed by atoms with E-state index >= 15 is 0 Å². The topological polar surface area (TPSA) is 86.7 Å². The van der Waals surface area contributed by atoms with Crippen LogP contribution in [0.3, 0.4) is 0 Å². The lowest BCUT2D eigenvalue weighted by Crippen LogP contribution is -2.58. The first kappa shape index (κ1) is 24.7. The number of fused-ring (bicyclic) bond motifs is 1. The quantitative estimate of drug-likeness (QED) is 0.618. The molecule has 2 aliphatic heterocycles. The molecule has 4 rings (SSSR count). The maximum atomic E-state index is 13.6. The number of rotatable bonds is 4. The number of alkyl halides is 3. The van der Waals surface area contributed by atoms with Gasteiger partial charge in [0.15, 0.2) is 0 Å². The van der Waals surface area contributed by atoms with Gasteiger partial charge >= 0.3 is 12.1 Å². The molecule has 34 heavy (non-hydrogen) atoms. The summed E-state index contributed by atoms with van der Waals surface area (Å²) in [5.41, 5.74) is -3.33. The highest BCUT2D eigenvalue weighted by atomic mass is 19.4. The second kappa shape index (κ2) is 8.36. The van der Waals surface area contributed by atoms with Crippen molar-refractivity contribution >= 4 is 17.8 Å². The van der Waals surface area contributed by atoms with Crippen molar-refractivity contribution in [3.63, 3.8) is 0 Å². The van der Waals surface area contributed by atoms with E-state index in [1.165, 1.54) is 12.1 Å². The van der Waals surface area contributed by atoms with Crippen molar-refractivity contribution in [1.82, 2.24) is 10.2 Å². The van der Waals surface area contributed by atoms with Crippen LogP contribution in [0.15, 0.2) is 24.3 Å². The molecule has 0 radical (unpaired) electrons. The van der Waals surface area contributed by atoms with E-state index < -0.39 is 58.5 Å². The van der Waals surface area contributed by atoms with Gasteiger partial charge in [0.1, 0.15) is 5.54 Å². The average molecular weight is 481 g/mol. The summed E-state index contributed by atoms with van der Waals surface area (Å²) in [6.45, 7) is 5.08. The predicted octanol–water partition coefficient (Wildman–Crippen LogP) is 4.54. The largest absolute Gasteiger partial charge is 0.480 e. The number of amides is 2. The van der Waals surface area contributed by atoms with Crippen molar-refractivity contribution in [2.45, 2.75) is 82.6 Å². The van der Waals surface area contributed by atoms with Gasteiger partial charge in [0.05, 0.1) is 17.4 Å². The molecule has 4 unspecified atom stereocenters. The number of nitrogens with zero attached hydrogens (tertiary/aromatic N) is 1. The standard InChI is InChI=1S/C25H31F3N2O4/c1-23(2,3)30-20(31)17-18(21(30)32)24(22(33)34,13-14-8-5-4-6-9-14)29-19(17)15-10-7-11-16(12-15)25(26,27)28/h7,10-12,14,17-19,29H,4-6,8-9,13H2,1-3H3,(H,33,34). The summed E-state index contributed by atoms with van der Waals surface area (Å²) in [7, 11) is 0. The van der Waals surface area contributed by atoms with Gasteiger partial charge < -0.3 is 5.11 Å². The average Bonchev–Trinajstić information content (AvgIpc) is 3.22. The first-order chi connectivity index (χ1) is 15.8. The summed E-state index contributed by atoms with van der Waals surface area (Å²) < 4.78 is 40.3. The summed E-state index contributed by atoms with van der Waals surface area (Å²) in [5.74, 6) is -4.55. The first-order valence-corrected chi connectivity index (χ1v) is 11.8. The summed E-state index contributed by atoms with van der Waals surface area (Å²) in [4.78, 5) is 41.1. The summed E-state index contributed by atoms with van der Waals surface area (Å²) >= 11 is 0. The second-order valence-electron chi connectivity index (χ2n) is 10.9. The number of hydrogen-bond donors (Lipinski definition) is 2. The van der Waals surface area contributed by atoms with Crippen LogP contribution < -0.4 is 5.32 Å². The molecule has 6 nitrogen and oxygen atoms in total. The summed E-state index contributed by atoms with van der Waals surface area (Å²) in [6.07, 6.45) is 0.223. The van der Waals surface area contributed by atoms with Crippen molar-refractivity contribution in [1.29, 1.82) is 0 Å². The van der Waals surface area contributed by atoms with E-state index in [1.54, 1.807) is 20.8 Å². The maximum absolute atomic E-state index is 13.6. The minimum absolute atomic E-state index is 0.0600. The molecule has 9 heteroatoms. The fraction of sp³-hybridized carbons (Fsp3) is 0.640. The van der Waals surface area contributed by atoms with Crippen LogP contribution in [-0.2, 0) is 20.6 Å². The predicted molar refractivity (Wildman–Crippen MR) is 117 cm³/mol. The van der Waals surface area contributed by atoms with E-state index in [9.17, 15) is 32.7 Å². The fourth-order valence-corrected chi connectivity index (χ4v) is 6.18. The normalized spacial score (nSPS) is 30.6. The van der Waals surface area contributed by atoms with Crippen molar-refractivity contribution < 1.29 is 32.7 Å². The molecule has 2 saturated heterocycles.